The number of rotatable bonds is 4. The molecule has 5 rings (SSSR count). The van der Waals surface area contributed by atoms with Gasteiger partial charge in [-0.1, -0.05) is 38.1 Å². The summed E-state index contributed by atoms with van der Waals surface area (Å²) < 4.78 is 0. The van der Waals surface area contributed by atoms with Crippen LogP contribution in [-0.2, 0) is 10.2 Å². The van der Waals surface area contributed by atoms with E-state index in [4.69, 9.17) is 11.1 Å². The van der Waals surface area contributed by atoms with Crippen LogP contribution in [0.15, 0.2) is 60.0 Å². The first-order valence-electron chi connectivity index (χ1n) is 11.4. The molecule has 2 atom stereocenters. The van der Waals surface area contributed by atoms with E-state index in [1.807, 2.05) is 18.2 Å². The SMILES string of the molecule is CC(C)c1cccc(N2CC3C(=O)N(C)C(=N)C[C@@]3(c3cc(-c4cccc(N)c4)cs3)C2)c1. The van der Waals surface area contributed by atoms with Gasteiger partial charge in [-0.25, -0.2) is 0 Å². The fraction of sp³-hybridized carbons (Fsp3) is 0.333. The third kappa shape index (κ3) is 3.62. The summed E-state index contributed by atoms with van der Waals surface area (Å²) in [6.45, 7) is 5.81. The molecule has 0 bridgehead atoms. The number of amides is 1. The Balaban J connectivity index is 1.57. The Morgan fingerprint density at radius 1 is 1.12 bits per heavy atom. The van der Waals surface area contributed by atoms with Gasteiger partial charge in [0, 0.05) is 48.2 Å². The second-order valence-corrected chi connectivity index (χ2v) is 10.6. The van der Waals surface area contributed by atoms with E-state index in [1.165, 1.54) is 10.4 Å². The third-order valence-electron chi connectivity index (χ3n) is 7.27. The number of benzene rings is 2. The number of nitrogens with zero attached hydrogens (tertiary/aromatic N) is 2. The smallest absolute Gasteiger partial charge is 0.233 e. The standard InChI is InChI=1S/C27H30N4OS/c1-17(2)18-6-5-9-22(11-18)31-14-23-26(32)30(3)25(29)13-27(23,16-31)24-12-20(15-33-24)19-7-4-8-21(28)10-19/h4-12,15,17,23,29H,13-14,16,28H2,1-3H3/t23?,27-/m1/s1. The average Bonchev–Trinajstić information content (AvgIpc) is 3.44. The van der Waals surface area contributed by atoms with E-state index < -0.39 is 5.41 Å². The highest BCUT2D eigenvalue weighted by molar-refractivity contribution is 7.10. The molecular weight excluding hydrogens is 428 g/mol. The first-order valence-corrected chi connectivity index (χ1v) is 12.3. The lowest BCUT2D eigenvalue weighted by Gasteiger charge is -2.41. The molecule has 3 N–H and O–H groups in total. The summed E-state index contributed by atoms with van der Waals surface area (Å²) in [6.07, 6.45) is 0.567. The molecule has 0 spiro atoms. The van der Waals surface area contributed by atoms with Crippen molar-refractivity contribution in [1.82, 2.24) is 4.90 Å². The molecular formula is C27H30N4OS. The fourth-order valence-corrected chi connectivity index (χ4v) is 6.44. The van der Waals surface area contributed by atoms with Crippen LogP contribution in [0.2, 0.25) is 0 Å². The molecule has 3 heterocycles. The zero-order valence-corrected chi connectivity index (χ0v) is 20.2. The van der Waals surface area contributed by atoms with E-state index in [2.05, 4.69) is 60.5 Å². The first kappa shape index (κ1) is 21.7. The summed E-state index contributed by atoms with van der Waals surface area (Å²) in [5.41, 5.74) is 11.0. The van der Waals surface area contributed by atoms with E-state index in [0.717, 1.165) is 29.0 Å². The molecule has 33 heavy (non-hydrogen) atoms. The van der Waals surface area contributed by atoms with Crippen LogP contribution in [0.5, 0.6) is 0 Å². The van der Waals surface area contributed by atoms with Crippen molar-refractivity contribution in [2.45, 2.75) is 31.6 Å². The van der Waals surface area contributed by atoms with E-state index in [-0.39, 0.29) is 11.8 Å². The zero-order valence-electron chi connectivity index (χ0n) is 19.3. The van der Waals surface area contributed by atoms with Crippen LogP contribution < -0.4 is 10.6 Å². The number of carbonyl (C=O) groups is 1. The molecule has 1 aromatic heterocycles. The van der Waals surface area contributed by atoms with Crippen molar-refractivity contribution in [2.24, 2.45) is 5.92 Å². The number of thiophene rings is 1. The van der Waals surface area contributed by atoms with Crippen LogP contribution in [0.25, 0.3) is 11.1 Å². The minimum absolute atomic E-state index is 0.0488. The number of likely N-dealkylation sites (tertiary alicyclic amines) is 1. The number of nitrogens with two attached hydrogens (primary N) is 1. The molecule has 2 fully saturated rings. The molecule has 6 heteroatoms. The number of nitrogens with one attached hydrogen (secondary N) is 1. The van der Waals surface area contributed by atoms with E-state index in [1.54, 1.807) is 23.3 Å². The highest BCUT2D eigenvalue weighted by atomic mass is 32.1. The molecule has 0 saturated carbocycles. The van der Waals surface area contributed by atoms with Crippen molar-refractivity contribution in [2.75, 3.05) is 30.8 Å². The summed E-state index contributed by atoms with van der Waals surface area (Å²) >= 11 is 1.70. The van der Waals surface area contributed by atoms with E-state index in [9.17, 15) is 4.79 Å². The van der Waals surface area contributed by atoms with Crippen molar-refractivity contribution in [3.63, 3.8) is 0 Å². The number of amidine groups is 1. The minimum atomic E-state index is -0.391. The minimum Gasteiger partial charge on any atom is -0.399 e. The molecule has 3 aromatic rings. The number of fused-ring (bicyclic) bond motifs is 1. The molecule has 2 aliphatic heterocycles. The number of nitrogen functional groups attached to an aromatic ring is 1. The molecule has 1 amide bonds. The summed E-state index contributed by atoms with van der Waals surface area (Å²) in [7, 11) is 1.74. The van der Waals surface area contributed by atoms with Crippen LogP contribution >= 0.6 is 11.3 Å². The average molecular weight is 459 g/mol. The maximum Gasteiger partial charge on any atom is 0.233 e. The van der Waals surface area contributed by atoms with Crippen molar-refractivity contribution >= 4 is 34.5 Å². The van der Waals surface area contributed by atoms with Crippen LogP contribution in [-0.4, -0.2) is 36.8 Å². The Labute approximate surface area is 199 Å². The number of hydrogen-bond donors (Lipinski definition) is 2. The molecule has 5 nitrogen and oxygen atoms in total. The zero-order chi connectivity index (χ0) is 23.3. The van der Waals surface area contributed by atoms with Crippen LogP contribution in [0.4, 0.5) is 11.4 Å². The fourth-order valence-electron chi connectivity index (χ4n) is 5.27. The summed E-state index contributed by atoms with van der Waals surface area (Å²) in [6, 6.07) is 18.8. The van der Waals surface area contributed by atoms with Crippen molar-refractivity contribution < 1.29 is 4.79 Å². The summed E-state index contributed by atoms with van der Waals surface area (Å²) in [5, 5.41) is 10.7. The monoisotopic (exact) mass is 458 g/mol. The van der Waals surface area contributed by atoms with Crippen molar-refractivity contribution in [3.8, 4) is 11.1 Å². The maximum atomic E-state index is 13.4. The molecule has 170 valence electrons. The summed E-state index contributed by atoms with van der Waals surface area (Å²) in [4.78, 5) is 18.5. The lowest BCUT2D eigenvalue weighted by Crippen LogP contribution is -2.54. The molecule has 1 unspecified atom stereocenters. The Morgan fingerprint density at radius 2 is 1.91 bits per heavy atom. The molecule has 0 aliphatic carbocycles. The highest BCUT2D eigenvalue weighted by Crippen LogP contribution is 2.50. The van der Waals surface area contributed by atoms with E-state index in [0.29, 0.717) is 24.7 Å². The van der Waals surface area contributed by atoms with Gasteiger partial charge in [-0.05, 0) is 58.3 Å². The van der Waals surface area contributed by atoms with Gasteiger partial charge >= 0.3 is 0 Å². The molecule has 2 saturated heterocycles. The molecule has 2 aliphatic rings. The van der Waals surface area contributed by atoms with Crippen LogP contribution in [0, 0.1) is 11.3 Å². The second-order valence-electron chi connectivity index (χ2n) is 9.68. The van der Waals surface area contributed by atoms with Crippen LogP contribution in [0.1, 0.15) is 36.6 Å². The Kier molecular flexibility index (Phi) is 5.28. The molecule has 0 radical (unpaired) electrons. The second kappa shape index (κ2) is 8.03. The van der Waals surface area contributed by atoms with Crippen molar-refractivity contribution in [3.05, 3.63) is 70.4 Å². The van der Waals surface area contributed by atoms with Gasteiger partial charge < -0.3 is 15.5 Å². The van der Waals surface area contributed by atoms with Gasteiger partial charge in [0.25, 0.3) is 0 Å². The van der Waals surface area contributed by atoms with Gasteiger partial charge in [0.05, 0.1) is 5.92 Å². The van der Waals surface area contributed by atoms with Gasteiger partial charge in [-0.2, -0.15) is 0 Å². The predicted molar refractivity (Wildman–Crippen MR) is 137 cm³/mol. The Hall–Kier alpha value is -3.12. The predicted octanol–water partition coefficient (Wildman–Crippen LogP) is 5.33. The quantitative estimate of drug-likeness (QED) is 0.519. The lowest BCUT2D eigenvalue weighted by molar-refractivity contribution is -0.133. The van der Waals surface area contributed by atoms with Gasteiger partial charge in [0.1, 0.15) is 5.84 Å². The normalized spacial score (nSPS) is 22.8. The van der Waals surface area contributed by atoms with Gasteiger partial charge in [-0.3, -0.25) is 10.2 Å². The lowest BCUT2D eigenvalue weighted by atomic mass is 9.70. The summed E-state index contributed by atoms with van der Waals surface area (Å²) in [5.74, 6) is 0.718. The largest absolute Gasteiger partial charge is 0.399 e. The Morgan fingerprint density at radius 3 is 2.67 bits per heavy atom. The number of carbonyl (C=O) groups excluding carboxylic acids is 1. The number of piperidine rings is 1. The highest BCUT2D eigenvalue weighted by Gasteiger charge is 2.56. The van der Waals surface area contributed by atoms with Gasteiger partial charge in [0.15, 0.2) is 0 Å². The van der Waals surface area contributed by atoms with Crippen LogP contribution in [0.3, 0.4) is 0 Å². The third-order valence-corrected chi connectivity index (χ3v) is 8.42. The number of hydrogen-bond acceptors (Lipinski definition) is 5. The van der Waals surface area contributed by atoms with Crippen molar-refractivity contribution in [1.29, 1.82) is 5.41 Å². The number of anilines is 2. The maximum absolute atomic E-state index is 13.4. The Bertz CT molecular complexity index is 1230. The van der Waals surface area contributed by atoms with Gasteiger partial charge in [0.2, 0.25) is 5.91 Å². The molecule has 2 aromatic carbocycles. The van der Waals surface area contributed by atoms with E-state index >= 15 is 0 Å². The first-order chi connectivity index (χ1) is 15.8. The van der Waals surface area contributed by atoms with Gasteiger partial charge in [-0.15, -0.1) is 11.3 Å². The topological polar surface area (TPSA) is 73.4 Å².